The lowest BCUT2D eigenvalue weighted by atomic mass is 9.87. The third-order valence-electron chi connectivity index (χ3n) is 10.2. The molecular formula is C44H62N6O6. The summed E-state index contributed by atoms with van der Waals surface area (Å²) in [6.07, 6.45) is 4.52. The summed E-state index contributed by atoms with van der Waals surface area (Å²) in [4.78, 5) is 71.5. The fourth-order valence-electron chi connectivity index (χ4n) is 7.20. The molecule has 0 spiro atoms. The molecule has 1 aliphatic rings. The van der Waals surface area contributed by atoms with Gasteiger partial charge < -0.3 is 15.4 Å². The smallest absolute Gasteiger partial charge is 0.224 e. The zero-order valence-corrected chi connectivity index (χ0v) is 34.0. The molecule has 0 unspecified atom stereocenters. The molecule has 304 valence electrons. The van der Waals surface area contributed by atoms with E-state index in [2.05, 4.69) is 25.8 Å². The highest BCUT2D eigenvalue weighted by atomic mass is 16.5. The second-order valence-electron chi connectivity index (χ2n) is 16.1. The van der Waals surface area contributed by atoms with Gasteiger partial charge in [-0.3, -0.25) is 33.6 Å². The van der Waals surface area contributed by atoms with E-state index in [0.717, 1.165) is 11.1 Å². The van der Waals surface area contributed by atoms with Crippen molar-refractivity contribution >= 4 is 29.2 Å². The van der Waals surface area contributed by atoms with Crippen molar-refractivity contribution in [3.8, 4) is 0 Å². The number of nitrogens with zero attached hydrogens (tertiary/aromatic N) is 4. The van der Waals surface area contributed by atoms with Gasteiger partial charge in [0.1, 0.15) is 5.78 Å². The molecule has 2 aromatic carbocycles. The molecule has 2 N–H and O–H groups in total. The Bertz CT molecular complexity index is 1690. The molecule has 4 atom stereocenters. The van der Waals surface area contributed by atoms with Gasteiger partial charge in [0.2, 0.25) is 11.8 Å². The third kappa shape index (κ3) is 15.5. The van der Waals surface area contributed by atoms with Crippen molar-refractivity contribution in [2.45, 2.75) is 97.6 Å². The molecule has 0 aliphatic carbocycles. The minimum atomic E-state index is -0.845. The molecule has 56 heavy (non-hydrogen) atoms. The van der Waals surface area contributed by atoms with E-state index in [1.54, 1.807) is 17.9 Å². The number of benzene rings is 2. The van der Waals surface area contributed by atoms with Gasteiger partial charge >= 0.3 is 0 Å². The van der Waals surface area contributed by atoms with Crippen LogP contribution in [0.4, 0.5) is 0 Å². The number of ketones is 3. The van der Waals surface area contributed by atoms with Crippen LogP contribution in [0.15, 0.2) is 66.9 Å². The van der Waals surface area contributed by atoms with Crippen LogP contribution in [-0.4, -0.2) is 94.0 Å². The zero-order valence-electron chi connectivity index (χ0n) is 34.0. The van der Waals surface area contributed by atoms with E-state index in [1.165, 1.54) is 0 Å². The Morgan fingerprint density at radius 1 is 0.732 bits per heavy atom. The summed E-state index contributed by atoms with van der Waals surface area (Å²) < 4.78 is 7.03. The van der Waals surface area contributed by atoms with Crippen LogP contribution < -0.4 is 10.6 Å². The molecule has 4 rings (SSSR count). The highest BCUT2D eigenvalue weighted by Crippen LogP contribution is 2.21. The quantitative estimate of drug-likeness (QED) is 0.132. The fourth-order valence-corrected chi connectivity index (χ4v) is 7.20. The molecule has 1 saturated heterocycles. The lowest BCUT2D eigenvalue weighted by Gasteiger charge is -2.27. The minimum Gasteiger partial charge on any atom is -0.379 e. The summed E-state index contributed by atoms with van der Waals surface area (Å²) >= 11 is 0. The second kappa shape index (κ2) is 22.9. The monoisotopic (exact) mass is 770 g/mol. The Kier molecular flexibility index (Phi) is 18.0. The number of rotatable bonds is 24. The van der Waals surface area contributed by atoms with Crippen LogP contribution in [0.2, 0.25) is 0 Å². The first kappa shape index (κ1) is 44.2. The number of aryl methyl sites for hydroxylation is 3. The first-order valence-corrected chi connectivity index (χ1v) is 20.3. The van der Waals surface area contributed by atoms with Gasteiger partial charge in [0.15, 0.2) is 11.6 Å². The molecule has 2 amide bonds. The van der Waals surface area contributed by atoms with Crippen LogP contribution in [0.25, 0.3) is 0 Å². The van der Waals surface area contributed by atoms with Crippen LogP contribution in [0.3, 0.4) is 0 Å². The predicted molar refractivity (Wildman–Crippen MR) is 215 cm³/mol. The maximum absolute atomic E-state index is 14.3. The molecule has 1 aromatic heterocycles. The standard InChI is InChI=1S/C44H62N6O6/c1-31(2)24-39(41(52)19-18-37-29-49(5)48-47-37)45-44(55)36(26-34-14-10-7-11-15-34)28-42(53)40(25-32(3)4)46-43(54)35(17-16-33-12-8-6-9-13-33)27-38(51)30-50-20-22-56-23-21-50/h6-15,29,31-32,35-36,39-40H,16-28,30H2,1-5H3,(H,45,55)(H,46,54)/t35-,36-,39+,40+/m1/s1. The normalized spacial score (nSPS) is 15.6. The van der Waals surface area contributed by atoms with Gasteiger partial charge in [-0.15, -0.1) is 5.10 Å². The molecule has 2 heterocycles. The summed E-state index contributed by atoms with van der Waals surface area (Å²) in [6, 6.07) is 17.8. The molecule has 0 bridgehead atoms. The Morgan fingerprint density at radius 2 is 1.30 bits per heavy atom. The van der Waals surface area contributed by atoms with Gasteiger partial charge in [0.25, 0.3) is 0 Å². The van der Waals surface area contributed by atoms with Crippen molar-refractivity contribution in [2.24, 2.45) is 30.7 Å². The van der Waals surface area contributed by atoms with Crippen LogP contribution in [0.5, 0.6) is 0 Å². The number of morpholine rings is 1. The third-order valence-corrected chi connectivity index (χ3v) is 10.2. The predicted octanol–water partition coefficient (Wildman–Crippen LogP) is 4.74. The molecule has 1 fully saturated rings. The van der Waals surface area contributed by atoms with Crippen LogP contribution in [0, 0.1) is 23.7 Å². The summed E-state index contributed by atoms with van der Waals surface area (Å²) in [6.45, 7) is 10.7. The van der Waals surface area contributed by atoms with Crippen molar-refractivity contribution in [3.63, 3.8) is 0 Å². The first-order valence-electron chi connectivity index (χ1n) is 20.3. The molecule has 12 nitrogen and oxygen atoms in total. The summed E-state index contributed by atoms with van der Waals surface area (Å²) in [5, 5.41) is 14.1. The fraction of sp³-hybridized carbons (Fsp3) is 0.568. The van der Waals surface area contributed by atoms with E-state index in [9.17, 15) is 24.0 Å². The average molecular weight is 771 g/mol. The highest BCUT2D eigenvalue weighted by molar-refractivity contribution is 5.95. The van der Waals surface area contributed by atoms with Crippen molar-refractivity contribution < 1.29 is 28.7 Å². The Balaban J connectivity index is 1.50. The number of aromatic nitrogens is 3. The highest BCUT2D eigenvalue weighted by Gasteiger charge is 2.33. The maximum atomic E-state index is 14.3. The molecule has 12 heteroatoms. The summed E-state index contributed by atoms with van der Waals surface area (Å²) in [7, 11) is 1.77. The Labute approximate surface area is 332 Å². The minimum absolute atomic E-state index is 0.0198. The van der Waals surface area contributed by atoms with E-state index in [-0.39, 0.29) is 66.8 Å². The van der Waals surface area contributed by atoms with Crippen molar-refractivity contribution in [2.75, 3.05) is 32.8 Å². The van der Waals surface area contributed by atoms with Gasteiger partial charge in [-0.1, -0.05) is 93.6 Å². The van der Waals surface area contributed by atoms with E-state index in [1.807, 2.05) is 88.4 Å². The summed E-state index contributed by atoms with van der Waals surface area (Å²) in [5.74, 6) is -2.27. The number of hydrogen-bond acceptors (Lipinski definition) is 9. The van der Waals surface area contributed by atoms with E-state index in [0.29, 0.717) is 70.5 Å². The van der Waals surface area contributed by atoms with Crippen molar-refractivity contribution in [1.82, 2.24) is 30.5 Å². The topological polar surface area (TPSA) is 153 Å². The van der Waals surface area contributed by atoms with Crippen molar-refractivity contribution in [1.29, 1.82) is 0 Å². The molecule has 0 saturated carbocycles. The van der Waals surface area contributed by atoms with Gasteiger partial charge in [-0.2, -0.15) is 0 Å². The SMILES string of the molecule is CC(C)C[C@H](NC(=O)[C@H](CCc1ccccc1)CC(=O)CN1CCOCC1)C(=O)C[C@@H](Cc1ccccc1)C(=O)N[C@@H](CC(C)C)C(=O)CCc1cn(C)nn1. The van der Waals surface area contributed by atoms with Gasteiger partial charge in [0.05, 0.1) is 37.5 Å². The van der Waals surface area contributed by atoms with Crippen LogP contribution >= 0.6 is 0 Å². The van der Waals surface area contributed by atoms with Crippen molar-refractivity contribution in [3.05, 3.63) is 83.7 Å². The molecular weight excluding hydrogens is 709 g/mol. The van der Waals surface area contributed by atoms with Gasteiger partial charge in [-0.05, 0) is 55.1 Å². The number of Topliss-reactive ketones (excluding diaryl/α,β-unsaturated/α-hetero) is 3. The van der Waals surface area contributed by atoms with E-state index < -0.39 is 23.9 Å². The number of carbonyl (C=O) groups excluding carboxylic acids is 5. The van der Waals surface area contributed by atoms with Crippen LogP contribution in [-0.2, 0) is 55.0 Å². The number of amides is 2. The lowest BCUT2D eigenvalue weighted by Crippen LogP contribution is -2.48. The Hall–Kier alpha value is -4.55. The zero-order chi connectivity index (χ0) is 40.5. The molecule has 0 radical (unpaired) electrons. The Morgan fingerprint density at radius 3 is 1.88 bits per heavy atom. The van der Waals surface area contributed by atoms with Crippen LogP contribution in [0.1, 0.15) is 83.0 Å². The number of ether oxygens (including phenoxy) is 1. The first-order chi connectivity index (χ1) is 26.9. The largest absolute Gasteiger partial charge is 0.379 e. The van der Waals surface area contributed by atoms with Gasteiger partial charge in [0, 0.05) is 63.9 Å². The molecule has 3 aromatic rings. The average Bonchev–Trinajstić information content (AvgIpc) is 3.60. The lowest BCUT2D eigenvalue weighted by molar-refractivity contribution is -0.135. The number of nitrogens with one attached hydrogen (secondary N) is 2. The number of hydrogen-bond donors (Lipinski definition) is 2. The molecule has 1 aliphatic heterocycles. The second-order valence-corrected chi connectivity index (χ2v) is 16.1. The summed E-state index contributed by atoms with van der Waals surface area (Å²) in [5.41, 5.74) is 2.66. The van der Waals surface area contributed by atoms with E-state index >= 15 is 0 Å². The number of carbonyl (C=O) groups is 5. The van der Waals surface area contributed by atoms with E-state index in [4.69, 9.17) is 4.74 Å². The van der Waals surface area contributed by atoms with Gasteiger partial charge in [-0.25, -0.2) is 0 Å². The maximum Gasteiger partial charge on any atom is 0.224 e.